The maximum absolute atomic E-state index is 13.7. The van der Waals surface area contributed by atoms with Crippen molar-refractivity contribution in [3.63, 3.8) is 0 Å². The third-order valence-corrected chi connectivity index (χ3v) is 7.98. The summed E-state index contributed by atoms with van der Waals surface area (Å²) in [6.07, 6.45) is 3.58. The van der Waals surface area contributed by atoms with Gasteiger partial charge in [0.1, 0.15) is 6.10 Å². The maximum atomic E-state index is 13.7. The van der Waals surface area contributed by atoms with Crippen molar-refractivity contribution in [3.8, 4) is 0 Å². The topological polar surface area (TPSA) is 59.5 Å². The molecule has 3 unspecified atom stereocenters. The number of aryl methyl sites for hydroxylation is 2. The first-order valence-electron chi connectivity index (χ1n) is 11.2. The van der Waals surface area contributed by atoms with Crippen molar-refractivity contribution in [1.29, 1.82) is 0 Å². The van der Waals surface area contributed by atoms with Crippen LogP contribution >= 0.6 is 11.3 Å². The molecule has 5 rings (SSSR count). The highest BCUT2D eigenvalue weighted by Crippen LogP contribution is 2.49. The Bertz CT molecular complexity index is 1060. The molecule has 1 aromatic carbocycles. The van der Waals surface area contributed by atoms with Gasteiger partial charge >= 0.3 is 0 Å². The van der Waals surface area contributed by atoms with Crippen molar-refractivity contribution in [2.75, 3.05) is 4.90 Å². The van der Waals surface area contributed by atoms with E-state index in [0.29, 0.717) is 16.6 Å². The molecule has 5 nitrogen and oxygen atoms in total. The minimum absolute atomic E-state index is 0.0877. The molecule has 162 valence electrons. The van der Waals surface area contributed by atoms with Crippen molar-refractivity contribution in [3.05, 3.63) is 57.3 Å². The first-order valence-corrected chi connectivity index (χ1v) is 12.0. The summed E-state index contributed by atoms with van der Waals surface area (Å²) in [7, 11) is 0. The van der Waals surface area contributed by atoms with Crippen LogP contribution in [0.2, 0.25) is 0 Å². The Kier molecular flexibility index (Phi) is 5.00. The lowest BCUT2D eigenvalue weighted by Gasteiger charge is -2.35. The quantitative estimate of drug-likeness (QED) is 0.648. The van der Waals surface area contributed by atoms with Gasteiger partial charge in [0.2, 0.25) is 0 Å². The summed E-state index contributed by atoms with van der Waals surface area (Å²) in [5.74, 6) is 0.370. The third kappa shape index (κ3) is 3.23. The summed E-state index contributed by atoms with van der Waals surface area (Å²) >= 11 is 1.49. The molecule has 2 aromatic rings. The summed E-state index contributed by atoms with van der Waals surface area (Å²) in [4.78, 5) is 34.7. The largest absolute Gasteiger partial charge is 0.483 e. The van der Waals surface area contributed by atoms with E-state index in [9.17, 15) is 9.59 Å². The highest BCUT2D eigenvalue weighted by Gasteiger charge is 2.53. The number of aromatic nitrogens is 1. The molecule has 0 N–H and O–H groups in total. The lowest BCUT2D eigenvalue weighted by Crippen LogP contribution is -2.39. The fourth-order valence-corrected chi connectivity index (χ4v) is 5.92. The van der Waals surface area contributed by atoms with Gasteiger partial charge in [0.15, 0.2) is 16.7 Å². The number of ketones is 1. The van der Waals surface area contributed by atoms with Gasteiger partial charge in [-0.05, 0) is 50.2 Å². The predicted molar refractivity (Wildman–Crippen MR) is 121 cm³/mol. The molecule has 0 bridgehead atoms. The van der Waals surface area contributed by atoms with Crippen LogP contribution in [0.1, 0.15) is 73.2 Å². The highest BCUT2D eigenvalue weighted by molar-refractivity contribution is 7.15. The Labute approximate surface area is 187 Å². The number of hydrogen-bond donors (Lipinski definition) is 0. The van der Waals surface area contributed by atoms with Gasteiger partial charge in [-0.3, -0.25) is 14.5 Å². The first-order chi connectivity index (χ1) is 14.9. The van der Waals surface area contributed by atoms with E-state index in [1.807, 2.05) is 26.0 Å². The van der Waals surface area contributed by atoms with Gasteiger partial charge in [0.05, 0.1) is 23.2 Å². The predicted octanol–water partition coefficient (Wildman–Crippen LogP) is 5.38. The fraction of sp³-hybridized carbons (Fsp3) is 0.480. The normalized spacial score (nSPS) is 25.7. The maximum Gasteiger partial charge on any atom is 0.296 e. The smallest absolute Gasteiger partial charge is 0.296 e. The van der Waals surface area contributed by atoms with E-state index in [0.717, 1.165) is 41.8 Å². The molecule has 1 amide bonds. The van der Waals surface area contributed by atoms with E-state index in [4.69, 9.17) is 4.74 Å². The lowest BCUT2D eigenvalue weighted by atomic mass is 9.77. The average Bonchev–Trinajstić information content (AvgIpc) is 3.24. The molecule has 0 saturated heterocycles. The Balaban J connectivity index is 1.64. The number of carbonyl (C=O) groups is 2. The van der Waals surface area contributed by atoms with Crippen molar-refractivity contribution in [1.82, 2.24) is 4.98 Å². The number of hydrogen-bond acceptors (Lipinski definition) is 5. The molecule has 1 saturated carbocycles. The van der Waals surface area contributed by atoms with Crippen LogP contribution < -0.4 is 4.90 Å². The van der Waals surface area contributed by atoms with Crippen LogP contribution in [0.5, 0.6) is 0 Å². The zero-order valence-electron chi connectivity index (χ0n) is 18.5. The fourth-order valence-electron chi connectivity index (χ4n) is 4.98. The van der Waals surface area contributed by atoms with E-state index in [-0.39, 0.29) is 29.5 Å². The number of Topliss-reactive ketones (excluding diaryl/α,β-unsaturated/α-hetero) is 1. The first kappa shape index (κ1) is 20.4. The molecule has 3 atom stereocenters. The second-order valence-corrected chi connectivity index (χ2v) is 10.4. The van der Waals surface area contributed by atoms with Gasteiger partial charge in [0, 0.05) is 4.88 Å². The molecule has 31 heavy (non-hydrogen) atoms. The zero-order valence-corrected chi connectivity index (χ0v) is 19.3. The summed E-state index contributed by atoms with van der Waals surface area (Å²) in [6.45, 7) is 8.27. The Morgan fingerprint density at radius 2 is 1.81 bits per heavy atom. The van der Waals surface area contributed by atoms with E-state index in [1.54, 1.807) is 4.90 Å². The van der Waals surface area contributed by atoms with Crippen LogP contribution in [-0.2, 0) is 14.3 Å². The van der Waals surface area contributed by atoms with Crippen LogP contribution in [0.15, 0.2) is 35.6 Å². The van der Waals surface area contributed by atoms with Crippen LogP contribution in [0.4, 0.5) is 5.13 Å². The third-order valence-electron chi connectivity index (χ3n) is 6.91. The molecule has 0 spiro atoms. The number of thiazole rings is 1. The number of amides is 1. The van der Waals surface area contributed by atoms with Crippen molar-refractivity contribution in [2.45, 2.75) is 71.4 Å². The van der Waals surface area contributed by atoms with Crippen LogP contribution in [0, 0.1) is 19.8 Å². The summed E-state index contributed by atoms with van der Waals surface area (Å²) in [5.41, 5.74) is 3.59. The van der Waals surface area contributed by atoms with Crippen molar-refractivity contribution in [2.24, 2.45) is 5.92 Å². The van der Waals surface area contributed by atoms with Gasteiger partial charge in [-0.25, -0.2) is 4.98 Å². The molecule has 1 aromatic heterocycles. The second-order valence-electron chi connectivity index (χ2n) is 9.19. The summed E-state index contributed by atoms with van der Waals surface area (Å²) < 4.78 is 6.24. The monoisotopic (exact) mass is 436 g/mol. The molecule has 1 fully saturated rings. The van der Waals surface area contributed by atoms with Crippen molar-refractivity contribution >= 4 is 28.2 Å². The SMILES string of the molecule is Cc1nc(N2C(=O)C3=C(C(=O)C4CCCCC4O3)C2c2ccc(C(C)C)cc2)sc1C. The standard InChI is InChI=1S/C25H28N2O3S/c1-13(2)16-9-11-17(12-10-16)21-20-22(28)18-7-5-6-8-19(18)30-23(20)24(29)27(21)25-26-14(3)15(4)31-25/h9-13,18-19,21H,5-8H2,1-4H3. The highest BCUT2D eigenvalue weighted by atomic mass is 32.1. The molecule has 3 aliphatic rings. The average molecular weight is 437 g/mol. The number of fused-ring (bicyclic) bond motifs is 1. The number of anilines is 1. The van der Waals surface area contributed by atoms with E-state index in [2.05, 4.69) is 31.0 Å². The molecular formula is C25H28N2O3S. The number of benzene rings is 1. The van der Waals surface area contributed by atoms with E-state index < -0.39 is 6.04 Å². The number of nitrogens with zero attached hydrogens (tertiary/aromatic N) is 2. The minimum Gasteiger partial charge on any atom is -0.483 e. The molecular weight excluding hydrogens is 408 g/mol. The molecule has 0 radical (unpaired) electrons. The Morgan fingerprint density at radius 3 is 2.45 bits per heavy atom. The molecule has 3 heterocycles. The van der Waals surface area contributed by atoms with Gasteiger partial charge < -0.3 is 4.74 Å². The number of rotatable bonds is 3. The van der Waals surface area contributed by atoms with Gasteiger partial charge in [-0.2, -0.15) is 0 Å². The summed E-state index contributed by atoms with van der Waals surface area (Å²) in [6, 6.07) is 7.80. The van der Waals surface area contributed by atoms with Crippen LogP contribution in [0.25, 0.3) is 0 Å². The minimum atomic E-state index is -0.482. The lowest BCUT2D eigenvalue weighted by molar-refractivity contribution is -0.131. The Morgan fingerprint density at radius 1 is 1.10 bits per heavy atom. The number of ether oxygens (including phenoxy) is 1. The molecule has 6 heteroatoms. The van der Waals surface area contributed by atoms with Crippen LogP contribution in [-0.4, -0.2) is 22.8 Å². The zero-order chi connectivity index (χ0) is 21.9. The summed E-state index contributed by atoms with van der Waals surface area (Å²) in [5, 5.41) is 0.631. The molecule has 2 aliphatic heterocycles. The van der Waals surface area contributed by atoms with Gasteiger partial charge in [0.25, 0.3) is 5.91 Å². The van der Waals surface area contributed by atoms with Gasteiger partial charge in [-0.1, -0.05) is 44.5 Å². The van der Waals surface area contributed by atoms with E-state index >= 15 is 0 Å². The van der Waals surface area contributed by atoms with E-state index in [1.165, 1.54) is 16.9 Å². The van der Waals surface area contributed by atoms with Gasteiger partial charge in [-0.15, -0.1) is 11.3 Å². The number of carbonyl (C=O) groups excluding carboxylic acids is 2. The Hall–Kier alpha value is -2.47. The van der Waals surface area contributed by atoms with Crippen molar-refractivity contribution < 1.29 is 14.3 Å². The molecule has 1 aliphatic carbocycles. The van der Waals surface area contributed by atoms with Crippen LogP contribution in [0.3, 0.4) is 0 Å². The second kappa shape index (κ2) is 7.59.